The molecule has 3 aromatic rings. The zero-order valence-corrected chi connectivity index (χ0v) is 15.2. The summed E-state index contributed by atoms with van der Waals surface area (Å²) in [5.41, 5.74) is 1.18. The molecule has 0 aliphatic carbocycles. The molecule has 0 spiro atoms. The molecular formula is C17H13IOS2. The van der Waals surface area contributed by atoms with Gasteiger partial charge in [0.1, 0.15) is 5.75 Å². The fourth-order valence-electron chi connectivity index (χ4n) is 1.91. The number of halogens is 1. The second kappa shape index (κ2) is 6.77. The Morgan fingerprint density at radius 2 is 1.57 bits per heavy atom. The van der Waals surface area contributed by atoms with Gasteiger partial charge < -0.3 is 4.74 Å². The highest BCUT2D eigenvalue weighted by Crippen LogP contribution is 2.34. The summed E-state index contributed by atoms with van der Waals surface area (Å²) in [5.74, 6) is 0.887. The van der Waals surface area contributed by atoms with E-state index in [2.05, 4.69) is 71.1 Å². The molecule has 0 radical (unpaired) electrons. The first-order chi connectivity index (χ1) is 10.2. The Morgan fingerprint density at radius 1 is 0.857 bits per heavy atom. The number of hydrogen-bond acceptors (Lipinski definition) is 3. The second-order valence-electron chi connectivity index (χ2n) is 4.41. The van der Waals surface area contributed by atoms with Crippen molar-refractivity contribution in [2.75, 3.05) is 7.11 Å². The summed E-state index contributed by atoms with van der Waals surface area (Å²) in [5, 5.41) is 0. The lowest BCUT2D eigenvalue weighted by molar-refractivity contribution is 0.415. The number of ether oxygens (including phenoxy) is 1. The minimum atomic E-state index is 0.887. The maximum Gasteiger partial charge on any atom is 0.118 e. The molecule has 0 amide bonds. The van der Waals surface area contributed by atoms with E-state index in [4.69, 9.17) is 4.74 Å². The largest absolute Gasteiger partial charge is 0.497 e. The molecule has 0 fully saturated rings. The van der Waals surface area contributed by atoms with Crippen LogP contribution in [0.1, 0.15) is 10.4 Å². The zero-order valence-electron chi connectivity index (χ0n) is 11.4. The van der Waals surface area contributed by atoms with E-state index in [9.17, 15) is 0 Å². The van der Waals surface area contributed by atoms with Gasteiger partial charge in [0.15, 0.2) is 0 Å². The molecule has 3 rings (SSSR count). The summed E-state index contributed by atoms with van der Waals surface area (Å²) in [6, 6.07) is 16.8. The first kappa shape index (κ1) is 14.8. The van der Waals surface area contributed by atoms with Crippen LogP contribution in [0.4, 0.5) is 0 Å². The van der Waals surface area contributed by atoms with Crippen molar-refractivity contribution in [1.82, 2.24) is 0 Å². The molecular weight excluding hydrogens is 409 g/mol. The fourth-order valence-corrected chi connectivity index (χ4v) is 4.54. The molecule has 1 aromatic carbocycles. The molecule has 0 bridgehead atoms. The minimum absolute atomic E-state index is 0.887. The second-order valence-corrected chi connectivity index (χ2v) is 8.51. The Kier molecular flexibility index (Phi) is 4.77. The third-order valence-electron chi connectivity index (χ3n) is 3.00. The van der Waals surface area contributed by atoms with Crippen molar-refractivity contribution in [2.24, 2.45) is 0 Å². The Bertz CT molecular complexity index is 753. The number of benzene rings is 1. The van der Waals surface area contributed by atoms with Crippen LogP contribution in [-0.4, -0.2) is 7.11 Å². The van der Waals surface area contributed by atoms with Gasteiger partial charge in [-0.25, -0.2) is 0 Å². The third-order valence-corrected chi connectivity index (χ3v) is 6.14. The van der Waals surface area contributed by atoms with E-state index in [0.717, 1.165) is 5.75 Å². The molecule has 0 saturated heterocycles. The third kappa shape index (κ3) is 3.75. The lowest BCUT2D eigenvalue weighted by atomic mass is 10.2. The van der Waals surface area contributed by atoms with Crippen LogP contribution in [0.5, 0.6) is 5.75 Å². The lowest BCUT2D eigenvalue weighted by Gasteiger charge is -1.98. The van der Waals surface area contributed by atoms with Crippen molar-refractivity contribution in [3.8, 4) is 15.5 Å². The van der Waals surface area contributed by atoms with Crippen LogP contribution >= 0.6 is 45.3 Å². The van der Waals surface area contributed by atoms with Gasteiger partial charge in [-0.15, -0.1) is 22.7 Å². The van der Waals surface area contributed by atoms with Gasteiger partial charge in [0.2, 0.25) is 0 Å². The summed E-state index contributed by atoms with van der Waals surface area (Å²) >= 11 is 6.02. The Morgan fingerprint density at radius 3 is 2.24 bits per heavy atom. The van der Waals surface area contributed by atoms with Gasteiger partial charge in [0.25, 0.3) is 0 Å². The van der Waals surface area contributed by atoms with Gasteiger partial charge in [-0.05, 0) is 70.6 Å². The van der Waals surface area contributed by atoms with Crippen LogP contribution in [0.2, 0.25) is 0 Å². The Balaban J connectivity index is 1.75. The topological polar surface area (TPSA) is 9.23 Å². The number of thiophene rings is 2. The van der Waals surface area contributed by atoms with E-state index in [1.54, 1.807) is 7.11 Å². The van der Waals surface area contributed by atoms with Crippen molar-refractivity contribution in [1.29, 1.82) is 0 Å². The van der Waals surface area contributed by atoms with Crippen molar-refractivity contribution in [2.45, 2.75) is 0 Å². The van der Waals surface area contributed by atoms with Crippen molar-refractivity contribution < 1.29 is 4.74 Å². The molecule has 0 aliphatic rings. The first-order valence-electron chi connectivity index (χ1n) is 6.42. The molecule has 0 N–H and O–H groups in total. The molecule has 106 valence electrons. The standard InChI is InChI=1S/C17H13IOS2/c1-19-13-5-2-12(3-6-13)4-7-14-8-9-15(20-14)16-10-11-17(18)21-16/h2-11H,1H3/b7-4+/i18-2. The normalized spacial score (nSPS) is 11.1. The van der Waals surface area contributed by atoms with Crippen LogP contribution in [0.3, 0.4) is 0 Å². The van der Waals surface area contributed by atoms with E-state index in [0.29, 0.717) is 0 Å². The molecule has 0 unspecified atom stereocenters. The number of methoxy groups -OCH3 is 1. The molecule has 1 nitrogen and oxygen atoms in total. The van der Waals surface area contributed by atoms with E-state index < -0.39 is 0 Å². The highest BCUT2D eigenvalue weighted by Gasteiger charge is 2.03. The molecule has 4 heteroatoms. The van der Waals surface area contributed by atoms with Crippen LogP contribution in [0.15, 0.2) is 48.5 Å². The van der Waals surface area contributed by atoms with Gasteiger partial charge in [0.05, 0.1) is 9.99 Å². The Labute approximate surface area is 146 Å². The summed E-state index contributed by atoms with van der Waals surface area (Å²) in [4.78, 5) is 3.94. The summed E-state index contributed by atoms with van der Waals surface area (Å²) in [6.45, 7) is 0. The van der Waals surface area contributed by atoms with Gasteiger partial charge in [0, 0.05) is 14.6 Å². The van der Waals surface area contributed by atoms with Crippen LogP contribution < -0.4 is 4.74 Å². The number of hydrogen-bond donors (Lipinski definition) is 0. The van der Waals surface area contributed by atoms with Crippen molar-refractivity contribution in [3.05, 3.63) is 61.9 Å². The van der Waals surface area contributed by atoms with Gasteiger partial charge >= 0.3 is 0 Å². The predicted octanol–water partition coefficient (Wildman–Crippen LogP) is 6.26. The minimum Gasteiger partial charge on any atom is -0.497 e. The molecule has 21 heavy (non-hydrogen) atoms. The molecule has 0 atom stereocenters. The fraction of sp³-hybridized carbons (Fsp3) is 0.0588. The van der Waals surface area contributed by atoms with E-state index in [-0.39, 0.29) is 0 Å². The van der Waals surface area contributed by atoms with Gasteiger partial charge in [-0.1, -0.05) is 18.2 Å². The average Bonchev–Trinajstić information content (AvgIpc) is 3.14. The SMILES string of the molecule is COc1ccc(/C=C/c2ccc(-c3ccc([125I])s3)s2)cc1. The highest BCUT2D eigenvalue weighted by molar-refractivity contribution is 14.1. The lowest BCUT2D eigenvalue weighted by Crippen LogP contribution is -1.81. The Hall–Kier alpha value is -1.11. The summed E-state index contributed by atoms with van der Waals surface area (Å²) in [6.07, 6.45) is 4.29. The summed E-state index contributed by atoms with van der Waals surface area (Å²) < 4.78 is 6.49. The average molecular weight is 422 g/mol. The van der Waals surface area contributed by atoms with Gasteiger partial charge in [-0.2, -0.15) is 0 Å². The van der Waals surface area contributed by atoms with Crippen LogP contribution in [0, 0.1) is 2.88 Å². The summed E-state index contributed by atoms with van der Waals surface area (Å²) in [7, 11) is 1.68. The molecule has 0 aliphatic heterocycles. The van der Waals surface area contributed by atoms with E-state index in [1.807, 2.05) is 34.8 Å². The quantitative estimate of drug-likeness (QED) is 0.451. The van der Waals surface area contributed by atoms with E-state index >= 15 is 0 Å². The maximum absolute atomic E-state index is 5.16. The molecule has 2 heterocycles. The monoisotopic (exact) mass is 422 g/mol. The van der Waals surface area contributed by atoms with Crippen LogP contribution in [-0.2, 0) is 0 Å². The maximum atomic E-state index is 5.16. The smallest absolute Gasteiger partial charge is 0.118 e. The van der Waals surface area contributed by atoms with Crippen molar-refractivity contribution >= 4 is 57.4 Å². The van der Waals surface area contributed by atoms with Crippen molar-refractivity contribution in [3.63, 3.8) is 0 Å². The van der Waals surface area contributed by atoms with Crippen LogP contribution in [0.25, 0.3) is 21.9 Å². The zero-order chi connectivity index (χ0) is 14.7. The number of rotatable bonds is 4. The van der Waals surface area contributed by atoms with Gasteiger partial charge in [-0.3, -0.25) is 0 Å². The first-order valence-corrected chi connectivity index (χ1v) is 9.13. The van der Waals surface area contributed by atoms with E-state index in [1.165, 1.54) is 23.1 Å². The predicted molar refractivity (Wildman–Crippen MR) is 102 cm³/mol. The molecule has 2 aromatic heterocycles. The highest BCUT2D eigenvalue weighted by atomic mass is 125. The molecule has 0 saturated carbocycles.